The molecule has 0 aliphatic carbocycles. The smallest absolute Gasteiger partial charge is 0.146 e. The first-order valence-electron chi connectivity index (χ1n) is 6.35. The molecule has 2 unspecified atom stereocenters. The zero-order chi connectivity index (χ0) is 11.3. The van der Waals surface area contributed by atoms with Gasteiger partial charge in [-0.25, -0.2) is 0 Å². The van der Waals surface area contributed by atoms with E-state index in [4.69, 9.17) is 0 Å². The predicted molar refractivity (Wildman–Crippen MR) is 64.0 cm³/mol. The second-order valence-electron chi connectivity index (χ2n) is 5.02. The van der Waals surface area contributed by atoms with Crippen molar-refractivity contribution in [3.63, 3.8) is 0 Å². The fraction of sp³-hybridized carbons (Fsp3) is 0.923. The van der Waals surface area contributed by atoms with Gasteiger partial charge < -0.3 is 0 Å². The molecule has 0 spiro atoms. The second-order valence-corrected chi connectivity index (χ2v) is 5.02. The third-order valence-corrected chi connectivity index (χ3v) is 3.57. The van der Waals surface area contributed by atoms with Crippen LogP contribution in [0.1, 0.15) is 52.4 Å². The van der Waals surface area contributed by atoms with Crippen molar-refractivity contribution in [1.29, 1.82) is 0 Å². The highest BCUT2D eigenvalue weighted by atomic mass is 16.1. The first kappa shape index (κ1) is 12.7. The van der Waals surface area contributed by atoms with Gasteiger partial charge in [0, 0.05) is 6.54 Å². The predicted octanol–water partition coefficient (Wildman–Crippen LogP) is 2.87. The number of unbranched alkanes of at least 4 members (excludes halogenated alkanes) is 3. The van der Waals surface area contributed by atoms with E-state index in [1.54, 1.807) is 6.92 Å². The fourth-order valence-electron chi connectivity index (χ4n) is 2.65. The topological polar surface area (TPSA) is 20.3 Å². The van der Waals surface area contributed by atoms with Crippen LogP contribution in [0.4, 0.5) is 0 Å². The Balaban J connectivity index is 2.20. The van der Waals surface area contributed by atoms with Gasteiger partial charge in [0.2, 0.25) is 0 Å². The summed E-state index contributed by atoms with van der Waals surface area (Å²) in [7, 11) is 2.08. The summed E-state index contributed by atoms with van der Waals surface area (Å²) in [5, 5.41) is 0. The molecule has 2 heteroatoms. The van der Waals surface area contributed by atoms with Gasteiger partial charge >= 0.3 is 0 Å². The Morgan fingerprint density at radius 3 is 2.60 bits per heavy atom. The van der Waals surface area contributed by atoms with Gasteiger partial charge in [-0.2, -0.15) is 0 Å². The molecule has 2 atom stereocenters. The zero-order valence-electron chi connectivity index (χ0n) is 10.5. The van der Waals surface area contributed by atoms with Gasteiger partial charge in [0.05, 0.1) is 6.04 Å². The summed E-state index contributed by atoms with van der Waals surface area (Å²) in [6, 6.07) is 0.209. The van der Waals surface area contributed by atoms with Gasteiger partial charge in [0.25, 0.3) is 0 Å². The van der Waals surface area contributed by atoms with E-state index in [2.05, 4.69) is 18.9 Å². The molecule has 0 aromatic carbocycles. The molecule has 2 nitrogen and oxygen atoms in total. The molecular weight excluding hydrogens is 186 g/mol. The lowest BCUT2D eigenvalue weighted by molar-refractivity contribution is -0.120. The molecule has 0 bridgehead atoms. The van der Waals surface area contributed by atoms with Crippen molar-refractivity contribution in [2.75, 3.05) is 13.6 Å². The second kappa shape index (κ2) is 6.26. The minimum absolute atomic E-state index is 0.209. The van der Waals surface area contributed by atoms with E-state index < -0.39 is 0 Å². The Bertz CT molecular complexity index is 203. The number of likely N-dealkylation sites (tertiary alicyclic amines) is 1. The monoisotopic (exact) mass is 211 g/mol. The van der Waals surface area contributed by atoms with Crippen LogP contribution in [0, 0.1) is 5.92 Å². The Hall–Kier alpha value is -0.370. The van der Waals surface area contributed by atoms with Gasteiger partial charge in [-0.05, 0) is 32.7 Å². The highest BCUT2D eigenvalue weighted by molar-refractivity contribution is 5.81. The van der Waals surface area contributed by atoms with Crippen LogP contribution in [-0.4, -0.2) is 30.3 Å². The van der Waals surface area contributed by atoms with Crippen LogP contribution in [0.25, 0.3) is 0 Å². The molecule has 0 saturated carbocycles. The Morgan fingerprint density at radius 2 is 2.07 bits per heavy atom. The van der Waals surface area contributed by atoms with Crippen molar-refractivity contribution in [2.24, 2.45) is 5.92 Å². The lowest BCUT2D eigenvalue weighted by Crippen LogP contribution is -2.30. The molecular formula is C13H25NO. The highest BCUT2D eigenvalue weighted by Crippen LogP contribution is 2.26. The molecule has 1 fully saturated rings. The molecule has 1 aliphatic rings. The van der Waals surface area contributed by atoms with E-state index >= 15 is 0 Å². The molecule has 1 aliphatic heterocycles. The lowest BCUT2D eigenvalue weighted by atomic mass is 9.97. The molecule has 0 aromatic rings. The summed E-state index contributed by atoms with van der Waals surface area (Å²) in [6.07, 6.45) is 7.78. The minimum Gasteiger partial charge on any atom is -0.298 e. The number of likely N-dealkylation sites (N-methyl/N-ethyl adjacent to an activating group) is 1. The third-order valence-electron chi connectivity index (χ3n) is 3.57. The van der Waals surface area contributed by atoms with Crippen LogP contribution in [0.3, 0.4) is 0 Å². The van der Waals surface area contributed by atoms with E-state index in [1.165, 1.54) is 32.1 Å². The largest absolute Gasteiger partial charge is 0.298 e. The van der Waals surface area contributed by atoms with E-state index in [9.17, 15) is 4.79 Å². The van der Waals surface area contributed by atoms with Crippen molar-refractivity contribution in [1.82, 2.24) is 4.90 Å². The van der Waals surface area contributed by atoms with Crippen LogP contribution in [-0.2, 0) is 4.79 Å². The van der Waals surface area contributed by atoms with Gasteiger partial charge in [-0.1, -0.05) is 32.6 Å². The summed E-state index contributed by atoms with van der Waals surface area (Å²) in [5.41, 5.74) is 0. The minimum atomic E-state index is 0.209. The molecule has 0 amide bonds. The van der Waals surface area contributed by atoms with Gasteiger partial charge in [-0.3, -0.25) is 9.69 Å². The molecule has 1 rings (SSSR count). The third kappa shape index (κ3) is 3.94. The summed E-state index contributed by atoms with van der Waals surface area (Å²) in [6.45, 7) is 5.09. The Labute approximate surface area is 94.0 Å². The number of nitrogens with zero attached hydrogens (tertiary/aromatic N) is 1. The molecule has 0 N–H and O–H groups in total. The lowest BCUT2D eigenvalue weighted by Gasteiger charge is -2.14. The highest BCUT2D eigenvalue weighted by Gasteiger charge is 2.31. The van der Waals surface area contributed by atoms with Crippen molar-refractivity contribution in [3.05, 3.63) is 0 Å². The number of Topliss-reactive ketones (excluding diaryl/α,β-unsaturated/α-hetero) is 1. The molecule has 88 valence electrons. The summed E-state index contributed by atoms with van der Waals surface area (Å²) >= 11 is 0. The zero-order valence-corrected chi connectivity index (χ0v) is 10.5. The number of carbonyl (C=O) groups excluding carboxylic acids is 1. The van der Waals surface area contributed by atoms with Crippen molar-refractivity contribution >= 4 is 5.78 Å². The number of hydrogen-bond acceptors (Lipinski definition) is 2. The summed E-state index contributed by atoms with van der Waals surface area (Å²) < 4.78 is 0. The van der Waals surface area contributed by atoms with E-state index in [-0.39, 0.29) is 6.04 Å². The van der Waals surface area contributed by atoms with E-state index in [0.717, 1.165) is 18.9 Å². The average molecular weight is 211 g/mol. The molecule has 15 heavy (non-hydrogen) atoms. The van der Waals surface area contributed by atoms with Crippen LogP contribution >= 0.6 is 0 Å². The fourth-order valence-corrected chi connectivity index (χ4v) is 2.65. The molecule has 0 aromatic heterocycles. The SMILES string of the molecule is CCCCCCC1CC(C(C)=O)N(C)C1. The number of carbonyl (C=O) groups is 1. The summed E-state index contributed by atoms with van der Waals surface area (Å²) in [4.78, 5) is 13.6. The van der Waals surface area contributed by atoms with Gasteiger partial charge in [0.1, 0.15) is 5.78 Å². The van der Waals surface area contributed by atoms with Crippen molar-refractivity contribution in [3.8, 4) is 0 Å². The number of hydrogen-bond donors (Lipinski definition) is 0. The average Bonchev–Trinajstić information content (AvgIpc) is 2.55. The van der Waals surface area contributed by atoms with E-state index in [0.29, 0.717) is 5.78 Å². The number of rotatable bonds is 6. The van der Waals surface area contributed by atoms with Crippen LogP contribution < -0.4 is 0 Å². The molecule has 1 saturated heterocycles. The van der Waals surface area contributed by atoms with Crippen molar-refractivity contribution < 1.29 is 4.79 Å². The Kier molecular flexibility index (Phi) is 5.30. The maximum Gasteiger partial charge on any atom is 0.146 e. The van der Waals surface area contributed by atoms with Gasteiger partial charge in [-0.15, -0.1) is 0 Å². The quantitative estimate of drug-likeness (QED) is 0.630. The standard InChI is InChI=1S/C13H25NO/c1-4-5-6-7-8-12-9-13(11(2)15)14(3)10-12/h12-13H,4-10H2,1-3H3. The molecule has 0 radical (unpaired) electrons. The first-order valence-corrected chi connectivity index (χ1v) is 6.35. The normalized spacial score (nSPS) is 27.1. The molecule has 1 heterocycles. The van der Waals surface area contributed by atoms with Gasteiger partial charge in [0.15, 0.2) is 0 Å². The van der Waals surface area contributed by atoms with Crippen LogP contribution in [0.2, 0.25) is 0 Å². The summed E-state index contributed by atoms with van der Waals surface area (Å²) in [5.74, 6) is 1.11. The number of ketones is 1. The van der Waals surface area contributed by atoms with E-state index in [1.807, 2.05) is 0 Å². The Morgan fingerprint density at radius 1 is 1.33 bits per heavy atom. The maximum absolute atomic E-state index is 11.3. The maximum atomic E-state index is 11.3. The van der Waals surface area contributed by atoms with Crippen LogP contribution in [0.15, 0.2) is 0 Å². The first-order chi connectivity index (χ1) is 7.15. The van der Waals surface area contributed by atoms with Crippen molar-refractivity contribution in [2.45, 2.75) is 58.4 Å². The van der Waals surface area contributed by atoms with Crippen LogP contribution in [0.5, 0.6) is 0 Å².